The molecule has 1 atom stereocenters. The molecule has 1 saturated heterocycles. The Labute approximate surface area is 79.3 Å². The molecule has 0 aromatic rings. The Morgan fingerprint density at radius 1 is 1.67 bits per heavy atom. The second-order valence-corrected chi connectivity index (χ2v) is 2.80. The second kappa shape index (κ2) is 6.26. The summed E-state index contributed by atoms with van der Waals surface area (Å²) in [6, 6.07) is 0.369. The first-order valence-corrected chi connectivity index (χ1v) is 4.22. The van der Waals surface area contributed by atoms with Crippen LogP contribution in [0.15, 0.2) is 0 Å². The fraction of sp³-hybridized carbons (Fsp3) is 0.875. The first-order chi connectivity index (χ1) is 5.33. The van der Waals surface area contributed by atoms with Crippen LogP contribution in [0.1, 0.15) is 26.2 Å². The monoisotopic (exact) mass is 193 g/mol. The fourth-order valence-corrected chi connectivity index (χ4v) is 1.35. The molecule has 1 fully saturated rings. The average Bonchev–Trinajstić information content (AvgIpc) is 2.40. The van der Waals surface area contributed by atoms with Crippen molar-refractivity contribution in [3.8, 4) is 0 Å². The Morgan fingerprint density at radius 3 is 2.92 bits per heavy atom. The van der Waals surface area contributed by atoms with Gasteiger partial charge >= 0.3 is 5.97 Å². The molecule has 0 spiro atoms. The molecular weight excluding hydrogens is 178 g/mol. The minimum Gasteiger partial charge on any atom is -0.466 e. The molecule has 3 nitrogen and oxygen atoms in total. The summed E-state index contributed by atoms with van der Waals surface area (Å²) in [5.74, 6) is -0.0769. The summed E-state index contributed by atoms with van der Waals surface area (Å²) >= 11 is 0. The van der Waals surface area contributed by atoms with Crippen LogP contribution in [-0.4, -0.2) is 25.2 Å². The van der Waals surface area contributed by atoms with Gasteiger partial charge in [0.05, 0.1) is 13.0 Å². The Hall–Kier alpha value is -0.280. The van der Waals surface area contributed by atoms with Crippen LogP contribution in [-0.2, 0) is 9.53 Å². The van der Waals surface area contributed by atoms with E-state index in [1.165, 1.54) is 6.42 Å². The van der Waals surface area contributed by atoms with E-state index >= 15 is 0 Å². The number of ether oxygens (including phenoxy) is 1. The molecule has 4 heteroatoms. The van der Waals surface area contributed by atoms with Gasteiger partial charge in [0.1, 0.15) is 0 Å². The third kappa shape index (κ3) is 3.93. The maximum absolute atomic E-state index is 10.9. The standard InChI is InChI=1S/C8H15NO2.ClH/c1-2-11-8(10)6-7-4-3-5-9-7;/h7,9H,2-6H2,1H3;1H. The molecule has 0 aromatic carbocycles. The third-order valence-corrected chi connectivity index (χ3v) is 1.88. The van der Waals surface area contributed by atoms with Crippen LogP contribution in [0.4, 0.5) is 0 Å². The lowest BCUT2D eigenvalue weighted by Crippen LogP contribution is -2.25. The smallest absolute Gasteiger partial charge is 0.307 e. The Morgan fingerprint density at radius 2 is 2.42 bits per heavy atom. The number of carbonyl (C=O) groups excluding carboxylic acids is 1. The van der Waals surface area contributed by atoms with E-state index in [4.69, 9.17) is 4.74 Å². The van der Waals surface area contributed by atoms with E-state index in [0.717, 1.165) is 13.0 Å². The predicted molar refractivity (Wildman–Crippen MR) is 49.5 cm³/mol. The number of rotatable bonds is 3. The largest absolute Gasteiger partial charge is 0.466 e. The van der Waals surface area contributed by atoms with Gasteiger partial charge in [-0.3, -0.25) is 4.79 Å². The van der Waals surface area contributed by atoms with Gasteiger partial charge in [0.25, 0.3) is 0 Å². The van der Waals surface area contributed by atoms with Crippen molar-refractivity contribution in [1.82, 2.24) is 5.32 Å². The number of esters is 1. The van der Waals surface area contributed by atoms with Crippen LogP contribution in [0.2, 0.25) is 0 Å². The third-order valence-electron chi connectivity index (χ3n) is 1.88. The molecule has 12 heavy (non-hydrogen) atoms. The molecule has 1 heterocycles. The zero-order valence-electron chi connectivity index (χ0n) is 7.34. The van der Waals surface area contributed by atoms with Crippen LogP contribution in [0.3, 0.4) is 0 Å². The van der Waals surface area contributed by atoms with E-state index in [0.29, 0.717) is 19.1 Å². The van der Waals surface area contributed by atoms with Crippen LogP contribution >= 0.6 is 12.4 Å². The van der Waals surface area contributed by atoms with Crippen molar-refractivity contribution >= 4 is 18.4 Å². The maximum atomic E-state index is 10.9. The van der Waals surface area contributed by atoms with Gasteiger partial charge in [-0.05, 0) is 26.3 Å². The van der Waals surface area contributed by atoms with Gasteiger partial charge in [-0.1, -0.05) is 0 Å². The van der Waals surface area contributed by atoms with Crippen molar-refractivity contribution in [1.29, 1.82) is 0 Å². The van der Waals surface area contributed by atoms with Gasteiger partial charge in [-0.25, -0.2) is 0 Å². The molecule has 0 amide bonds. The summed E-state index contributed by atoms with van der Waals surface area (Å²) in [6.07, 6.45) is 2.83. The molecule has 0 aliphatic carbocycles. The number of hydrogen-bond donors (Lipinski definition) is 1. The second-order valence-electron chi connectivity index (χ2n) is 2.80. The predicted octanol–water partition coefficient (Wildman–Crippen LogP) is 1.11. The van der Waals surface area contributed by atoms with Gasteiger partial charge < -0.3 is 10.1 Å². The molecule has 1 unspecified atom stereocenters. The molecule has 0 bridgehead atoms. The summed E-state index contributed by atoms with van der Waals surface area (Å²) in [7, 11) is 0. The molecule has 0 radical (unpaired) electrons. The number of nitrogens with one attached hydrogen (secondary N) is 1. The molecule has 1 N–H and O–H groups in total. The molecule has 0 aromatic heterocycles. The summed E-state index contributed by atoms with van der Waals surface area (Å²) in [5, 5.41) is 3.25. The Bertz CT molecular complexity index is 135. The van der Waals surface area contributed by atoms with Gasteiger partial charge in [-0.2, -0.15) is 0 Å². The number of hydrogen-bond acceptors (Lipinski definition) is 3. The van der Waals surface area contributed by atoms with Crippen LogP contribution in [0, 0.1) is 0 Å². The quantitative estimate of drug-likeness (QED) is 0.683. The summed E-state index contributed by atoms with van der Waals surface area (Å²) < 4.78 is 4.82. The molecular formula is C8H16ClNO2. The molecule has 1 aliphatic rings. The summed E-state index contributed by atoms with van der Waals surface area (Å²) in [4.78, 5) is 10.9. The van der Waals surface area contributed by atoms with E-state index < -0.39 is 0 Å². The number of halogens is 1. The highest BCUT2D eigenvalue weighted by molar-refractivity contribution is 5.85. The van der Waals surface area contributed by atoms with E-state index in [-0.39, 0.29) is 18.4 Å². The fourth-order valence-electron chi connectivity index (χ4n) is 1.35. The molecule has 72 valence electrons. The Balaban J connectivity index is 0.00000121. The molecule has 1 rings (SSSR count). The van der Waals surface area contributed by atoms with E-state index in [1.54, 1.807) is 0 Å². The van der Waals surface area contributed by atoms with Crippen LogP contribution in [0.5, 0.6) is 0 Å². The highest BCUT2D eigenvalue weighted by Gasteiger charge is 2.17. The minimum absolute atomic E-state index is 0. The van der Waals surface area contributed by atoms with E-state index in [2.05, 4.69) is 5.32 Å². The summed E-state index contributed by atoms with van der Waals surface area (Å²) in [6.45, 7) is 3.37. The van der Waals surface area contributed by atoms with E-state index in [1.807, 2.05) is 6.92 Å². The van der Waals surface area contributed by atoms with Crippen molar-refractivity contribution in [3.05, 3.63) is 0 Å². The highest BCUT2D eigenvalue weighted by atomic mass is 35.5. The average molecular weight is 194 g/mol. The first kappa shape index (κ1) is 11.7. The van der Waals surface area contributed by atoms with Gasteiger partial charge in [0.2, 0.25) is 0 Å². The zero-order valence-corrected chi connectivity index (χ0v) is 8.15. The van der Waals surface area contributed by atoms with Crippen molar-refractivity contribution < 1.29 is 9.53 Å². The highest BCUT2D eigenvalue weighted by Crippen LogP contribution is 2.08. The number of carbonyl (C=O) groups is 1. The minimum atomic E-state index is -0.0769. The van der Waals surface area contributed by atoms with Crippen molar-refractivity contribution in [2.45, 2.75) is 32.2 Å². The summed E-state index contributed by atoms with van der Waals surface area (Å²) in [5.41, 5.74) is 0. The maximum Gasteiger partial charge on any atom is 0.307 e. The lowest BCUT2D eigenvalue weighted by molar-refractivity contribution is -0.143. The van der Waals surface area contributed by atoms with Crippen molar-refractivity contribution in [2.75, 3.05) is 13.2 Å². The van der Waals surface area contributed by atoms with Crippen molar-refractivity contribution in [2.24, 2.45) is 0 Å². The van der Waals surface area contributed by atoms with Gasteiger partial charge in [0.15, 0.2) is 0 Å². The lowest BCUT2D eigenvalue weighted by atomic mass is 10.2. The Kier molecular flexibility index (Phi) is 6.11. The van der Waals surface area contributed by atoms with Gasteiger partial charge in [-0.15, -0.1) is 12.4 Å². The van der Waals surface area contributed by atoms with Crippen LogP contribution < -0.4 is 5.32 Å². The molecule has 0 saturated carbocycles. The van der Waals surface area contributed by atoms with Gasteiger partial charge in [0, 0.05) is 6.04 Å². The lowest BCUT2D eigenvalue weighted by Gasteiger charge is -2.07. The topological polar surface area (TPSA) is 38.3 Å². The van der Waals surface area contributed by atoms with E-state index in [9.17, 15) is 4.79 Å². The molecule has 1 aliphatic heterocycles. The van der Waals surface area contributed by atoms with Crippen LogP contribution in [0.25, 0.3) is 0 Å². The SMILES string of the molecule is CCOC(=O)CC1CCCN1.Cl. The van der Waals surface area contributed by atoms with Crippen molar-refractivity contribution in [3.63, 3.8) is 0 Å². The normalized spacial score (nSPS) is 21.6. The zero-order chi connectivity index (χ0) is 8.10. The first-order valence-electron chi connectivity index (χ1n) is 4.22.